The van der Waals surface area contributed by atoms with Crippen molar-refractivity contribution in [3.63, 3.8) is 0 Å². The molecule has 1 saturated carbocycles. The van der Waals surface area contributed by atoms with Gasteiger partial charge in [0.25, 0.3) is 0 Å². The van der Waals surface area contributed by atoms with Gasteiger partial charge in [-0.05, 0) is 53.8 Å². The first-order valence-electron chi connectivity index (χ1n) is 7.28. The average Bonchev–Trinajstić information content (AvgIpc) is 2.32. The van der Waals surface area contributed by atoms with Crippen molar-refractivity contribution in [1.29, 1.82) is 0 Å². The summed E-state index contributed by atoms with van der Waals surface area (Å²) < 4.78 is 5.53. The van der Waals surface area contributed by atoms with Crippen LogP contribution in [0.25, 0.3) is 0 Å². The van der Waals surface area contributed by atoms with Gasteiger partial charge >= 0.3 is 0 Å². The van der Waals surface area contributed by atoms with Crippen LogP contribution in [0.3, 0.4) is 0 Å². The third kappa shape index (κ3) is 2.94. The molecule has 2 heteroatoms. The van der Waals surface area contributed by atoms with Gasteiger partial charge in [-0.15, -0.1) is 0 Å². The molecule has 1 aliphatic rings. The molecular formula is C17H27NO. The standard InChI is InChI=1S/C17H27NO/c1-16(2,3)14-6-7-15(19-4)13(10-14)11-17(12-18)8-5-9-17/h6-7,10H,5,8-9,11-12,18H2,1-4H3. The highest BCUT2D eigenvalue weighted by Gasteiger charge is 2.36. The lowest BCUT2D eigenvalue weighted by Gasteiger charge is -2.41. The van der Waals surface area contributed by atoms with Crippen molar-refractivity contribution in [2.75, 3.05) is 13.7 Å². The fourth-order valence-corrected chi connectivity index (χ4v) is 2.92. The SMILES string of the molecule is COc1ccc(C(C)(C)C)cc1CC1(CN)CCC1. The van der Waals surface area contributed by atoms with E-state index in [1.54, 1.807) is 7.11 Å². The normalized spacial score (nSPS) is 17.9. The molecule has 0 unspecified atom stereocenters. The molecule has 106 valence electrons. The van der Waals surface area contributed by atoms with E-state index in [-0.39, 0.29) is 5.41 Å². The summed E-state index contributed by atoms with van der Waals surface area (Å²) in [5, 5.41) is 0. The Balaban J connectivity index is 2.31. The van der Waals surface area contributed by atoms with E-state index in [2.05, 4.69) is 39.0 Å². The highest BCUT2D eigenvalue weighted by Crippen LogP contribution is 2.44. The second-order valence-corrected chi connectivity index (χ2v) is 7.01. The lowest BCUT2D eigenvalue weighted by Crippen LogP contribution is -2.39. The van der Waals surface area contributed by atoms with Gasteiger partial charge in [0.1, 0.15) is 5.75 Å². The molecule has 0 aromatic heterocycles. The summed E-state index contributed by atoms with van der Waals surface area (Å²) in [6.07, 6.45) is 4.88. The Labute approximate surface area is 117 Å². The van der Waals surface area contributed by atoms with Crippen molar-refractivity contribution in [1.82, 2.24) is 0 Å². The molecule has 0 saturated heterocycles. The second-order valence-electron chi connectivity index (χ2n) is 7.01. The number of nitrogens with two attached hydrogens (primary N) is 1. The molecule has 1 aromatic rings. The molecule has 2 nitrogen and oxygen atoms in total. The number of ether oxygens (including phenoxy) is 1. The van der Waals surface area contributed by atoms with Crippen LogP contribution in [-0.4, -0.2) is 13.7 Å². The van der Waals surface area contributed by atoms with E-state index < -0.39 is 0 Å². The Hall–Kier alpha value is -1.02. The molecule has 0 amide bonds. The Morgan fingerprint density at radius 1 is 1.26 bits per heavy atom. The van der Waals surface area contributed by atoms with Crippen molar-refractivity contribution >= 4 is 0 Å². The zero-order chi connectivity index (χ0) is 14.1. The van der Waals surface area contributed by atoms with E-state index in [1.165, 1.54) is 30.4 Å². The van der Waals surface area contributed by atoms with Gasteiger partial charge in [0.2, 0.25) is 0 Å². The summed E-state index contributed by atoms with van der Waals surface area (Å²) >= 11 is 0. The second kappa shape index (κ2) is 5.16. The lowest BCUT2D eigenvalue weighted by atomic mass is 9.65. The van der Waals surface area contributed by atoms with Crippen molar-refractivity contribution < 1.29 is 4.74 Å². The minimum Gasteiger partial charge on any atom is -0.496 e. The Morgan fingerprint density at radius 2 is 1.95 bits per heavy atom. The van der Waals surface area contributed by atoms with E-state index in [1.807, 2.05) is 0 Å². The minimum absolute atomic E-state index is 0.177. The van der Waals surface area contributed by atoms with Gasteiger partial charge in [0.05, 0.1) is 7.11 Å². The van der Waals surface area contributed by atoms with Gasteiger partial charge in [-0.2, -0.15) is 0 Å². The molecular weight excluding hydrogens is 234 g/mol. The van der Waals surface area contributed by atoms with Gasteiger partial charge in [-0.25, -0.2) is 0 Å². The maximum absolute atomic E-state index is 5.99. The molecule has 0 radical (unpaired) electrons. The third-order valence-corrected chi connectivity index (χ3v) is 4.56. The fraction of sp³-hybridized carbons (Fsp3) is 0.647. The summed E-state index contributed by atoms with van der Waals surface area (Å²) in [6, 6.07) is 6.60. The van der Waals surface area contributed by atoms with Crippen molar-refractivity contribution in [2.24, 2.45) is 11.1 Å². The number of methoxy groups -OCH3 is 1. The predicted molar refractivity (Wildman–Crippen MR) is 80.7 cm³/mol. The summed E-state index contributed by atoms with van der Waals surface area (Å²) in [7, 11) is 1.76. The summed E-state index contributed by atoms with van der Waals surface area (Å²) in [4.78, 5) is 0. The van der Waals surface area contributed by atoms with E-state index in [9.17, 15) is 0 Å². The summed E-state index contributed by atoms with van der Waals surface area (Å²) in [5.41, 5.74) is 9.18. The van der Waals surface area contributed by atoms with Gasteiger partial charge in [0, 0.05) is 0 Å². The van der Waals surface area contributed by atoms with E-state index in [4.69, 9.17) is 10.5 Å². The molecule has 2 rings (SSSR count). The largest absolute Gasteiger partial charge is 0.496 e. The molecule has 1 aliphatic carbocycles. The molecule has 0 spiro atoms. The van der Waals surface area contributed by atoms with Crippen LogP contribution >= 0.6 is 0 Å². The van der Waals surface area contributed by atoms with Gasteiger partial charge < -0.3 is 10.5 Å². The highest BCUT2D eigenvalue weighted by molar-refractivity contribution is 5.40. The van der Waals surface area contributed by atoms with Crippen molar-refractivity contribution in [3.8, 4) is 5.75 Å². The predicted octanol–water partition coefficient (Wildman–Crippen LogP) is 3.66. The van der Waals surface area contributed by atoms with Crippen molar-refractivity contribution in [2.45, 2.75) is 51.9 Å². The number of hydrogen-bond acceptors (Lipinski definition) is 2. The smallest absolute Gasteiger partial charge is 0.122 e. The number of benzene rings is 1. The molecule has 0 aliphatic heterocycles. The molecule has 1 fully saturated rings. The van der Waals surface area contributed by atoms with Crippen LogP contribution in [0.4, 0.5) is 0 Å². The molecule has 0 bridgehead atoms. The van der Waals surface area contributed by atoms with Gasteiger partial charge in [0.15, 0.2) is 0 Å². The van der Waals surface area contributed by atoms with Crippen LogP contribution in [0.5, 0.6) is 5.75 Å². The quantitative estimate of drug-likeness (QED) is 0.897. The lowest BCUT2D eigenvalue weighted by molar-refractivity contribution is 0.143. The maximum Gasteiger partial charge on any atom is 0.122 e. The topological polar surface area (TPSA) is 35.2 Å². The van der Waals surface area contributed by atoms with Crippen LogP contribution in [0, 0.1) is 5.41 Å². The monoisotopic (exact) mass is 261 g/mol. The van der Waals surface area contributed by atoms with Gasteiger partial charge in [-0.1, -0.05) is 39.3 Å². The molecule has 19 heavy (non-hydrogen) atoms. The molecule has 2 N–H and O–H groups in total. The van der Waals surface area contributed by atoms with Crippen LogP contribution in [0.2, 0.25) is 0 Å². The third-order valence-electron chi connectivity index (χ3n) is 4.56. The molecule has 0 heterocycles. The average molecular weight is 261 g/mol. The zero-order valence-corrected chi connectivity index (χ0v) is 12.8. The van der Waals surface area contributed by atoms with E-state index >= 15 is 0 Å². The highest BCUT2D eigenvalue weighted by atomic mass is 16.5. The molecule has 0 atom stereocenters. The molecule has 1 aromatic carbocycles. The summed E-state index contributed by atoms with van der Waals surface area (Å²) in [6.45, 7) is 7.54. The number of hydrogen-bond donors (Lipinski definition) is 1. The maximum atomic E-state index is 5.99. The first-order chi connectivity index (χ1) is 8.90. The number of rotatable bonds is 4. The first kappa shape index (κ1) is 14.4. The van der Waals surface area contributed by atoms with Gasteiger partial charge in [-0.3, -0.25) is 0 Å². The Morgan fingerprint density at radius 3 is 2.37 bits per heavy atom. The van der Waals surface area contributed by atoms with Crippen molar-refractivity contribution in [3.05, 3.63) is 29.3 Å². The Bertz CT molecular complexity index is 436. The van der Waals surface area contributed by atoms with Crippen LogP contribution in [-0.2, 0) is 11.8 Å². The zero-order valence-electron chi connectivity index (χ0n) is 12.8. The minimum atomic E-state index is 0.177. The first-order valence-corrected chi connectivity index (χ1v) is 7.28. The van der Waals surface area contributed by atoms with E-state index in [0.717, 1.165) is 18.7 Å². The fourth-order valence-electron chi connectivity index (χ4n) is 2.92. The van der Waals surface area contributed by atoms with Crippen LogP contribution in [0.15, 0.2) is 18.2 Å². The summed E-state index contributed by atoms with van der Waals surface area (Å²) in [5.74, 6) is 1.01. The van der Waals surface area contributed by atoms with Crippen LogP contribution in [0.1, 0.15) is 51.2 Å². The van der Waals surface area contributed by atoms with E-state index in [0.29, 0.717) is 5.41 Å². The Kier molecular flexibility index (Phi) is 3.91. The van der Waals surface area contributed by atoms with Crippen LogP contribution < -0.4 is 10.5 Å².